The third kappa shape index (κ3) is 3.30. The molecule has 0 bridgehead atoms. The average Bonchev–Trinajstić information content (AvgIpc) is 2.62. The van der Waals surface area contributed by atoms with Crippen LogP contribution in [-0.4, -0.2) is 18.1 Å². The minimum absolute atomic E-state index is 0.0991. The Balaban J connectivity index is 2.28. The van der Waals surface area contributed by atoms with E-state index in [2.05, 4.69) is 25.8 Å². The molecule has 6 heteroatoms. The maximum atomic E-state index is 13.8. The predicted octanol–water partition coefficient (Wildman–Crippen LogP) is 4.29. The van der Waals surface area contributed by atoms with E-state index in [1.165, 1.54) is 4.90 Å². The van der Waals surface area contributed by atoms with Crippen LogP contribution in [0.15, 0.2) is 0 Å². The van der Waals surface area contributed by atoms with Gasteiger partial charge in [-0.25, -0.2) is 0 Å². The highest BCUT2D eigenvalue weighted by Gasteiger charge is 2.30. The second-order valence-corrected chi connectivity index (χ2v) is 6.65. The molecular weight excluding hydrogens is 284 g/mol. The molecule has 2 heterocycles. The molecular formula is C15H20F4N2. The number of pyridine rings is 1. The van der Waals surface area contributed by atoms with E-state index in [9.17, 15) is 17.6 Å². The largest absolute Gasteiger partial charge is 0.366 e. The normalized spacial score (nSPS) is 20.5. The first kappa shape index (κ1) is 16.0. The van der Waals surface area contributed by atoms with Gasteiger partial charge in [-0.15, -0.1) is 0 Å². The number of anilines is 1. The molecule has 1 saturated heterocycles. The predicted molar refractivity (Wildman–Crippen MR) is 73.1 cm³/mol. The fourth-order valence-corrected chi connectivity index (χ4v) is 2.94. The number of rotatable bonds is 1. The standard InChI is InChI=1S/C15H20F4N2/c1-15(2,3)9-5-4-7-21(8-6-9)12-10(16)13(18)20-14(19)11(12)17/h9H,4-8H2,1-3H3. The van der Waals surface area contributed by atoms with Gasteiger partial charge in [-0.1, -0.05) is 20.8 Å². The third-order valence-corrected chi connectivity index (χ3v) is 4.24. The highest BCUT2D eigenvalue weighted by molar-refractivity contribution is 5.48. The van der Waals surface area contributed by atoms with Crippen LogP contribution in [0.25, 0.3) is 0 Å². The van der Waals surface area contributed by atoms with E-state index < -0.39 is 29.2 Å². The first-order valence-electron chi connectivity index (χ1n) is 7.16. The summed E-state index contributed by atoms with van der Waals surface area (Å²) in [5.41, 5.74) is -0.531. The van der Waals surface area contributed by atoms with Crippen molar-refractivity contribution in [3.8, 4) is 0 Å². The fraction of sp³-hybridized carbons (Fsp3) is 0.667. The van der Waals surface area contributed by atoms with Crippen LogP contribution in [0.4, 0.5) is 23.2 Å². The maximum Gasteiger partial charge on any atom is 0.253 e. The lowest BCUT2D eigenvalue weighted by Crippen LogP contribution is -2.28. The van der Waals surface area contributed by atoms with Gasteiger partial charge >= 0.3 is 0 Å². The number of aromatic nitrogens is 1. The summed E-state index contributed by atoms with van der Waals surface area (Å²) in [5, 5.41) is 0. The SMILES string of the molecule is CC(C)(C)C1CCCN(c2c(F)c(F)nc(F)c2F)CC1. The molecule has 1 atom stereocenters. The molecule has 0 saturated carbocycles. The van der Waals surface area contributed by atoms with E-state index >= 15 is 0 Å². The van der Waals surface area contributed by atoms with Gasteiger partial charge in [0.15, 0.2) is 0 Å². The van der Waals surface area contributed by atoms with Crippen molar-refractivity contribution in [2.45, 2.75) is 40.0 Å². The monoisotopic (exact) mass is 304 g/mol. The molecule has 0 amide bonds. The number of nitrogens with zero attached hydrogens (tertiary/aromatic N) is 2. The molecule has 21 heavy (non-hydrogen) atoms. The topological polar surface area (TPSA) is 16.1 Å². The molecule has 1 aliphatic heterocycles. The van der Waals surface area contributed by atoms with Crippen molar-refractivity contribution in [2.24, 2.45) is 11.3 Å². The van der Waals surface area contributed by atoms with E-state index in [4.69, 9.17) is 0 Å². The van der Waals surface area contributed by atoms with Crippen molar-refractivity contribution < 1.29 is 17.6 Å². The maximum absolute atomic E-state index is 13.8. The lowest BCUT2D eigenvalue weighted by Gasteiger charge is -2.30. The average molecular weight is 304 g/mol. The smallest absolute Gasteiger partial charge is 0.253 e. The van der Waals surface area contributed by atoms with Crippen molar-refractivity contribution in [3.05, 3.63) is 23.5 Å². The summed E-state index contributed by atoms with van der Waals surface area (Å²) < 4.78 is 54.1. The molecule has 0 spiro atoms. The summed E-state index contributed by atoms with van der Waals surface area (Å²) >= 11 is 0. The first-order valence-corrected chi connectivity index (χ1v) is 7.16. The van der Waals surface area contributed by atoms with Gasteiger partial charge in [0.05, 0.1) is 0 Å². The number of hydrogen-bond donors (Lipinski definition) is 0. The van der Waals surface area contributed by atoms with Gasteiger partial charge in [0.1, 0.15) is 5.69 Å². The van der Waals surface area contributed by atoms with Gasteiger partial charge in [-0.2, -0.15) is 22.5 Å². The van der Waals surface area contributed by atoms with Gasteiger partial charge < -0.3 is 4.90 Å². The molecule has 0 N–H and O–H groups in total. The summed E-state index contributed by atoms with van der Waals surface area (Å²) in [6.07, 6.45) is 2.39. The highest BCUT2D eigenvalue weighted by Crippen LogP contribution is 2.36. The zero-order valence-electron chi connectivity index (χ0n) is 12.5. The van der Waals surface area contributed by atoms with E-state index in [1.807, 2.05) is 0 Å². The minimum atomic E-state index is -1.60. The van der Waals surface area contributed by atoms with Gasteiger partial charge in [0, 0.05) is 13.1 Å². The van der Waals surface area contributed by atoms with Crippen LogP contribution in [-0.2, 0) is 0 Å². The molecule has 2 nitrogen and oxygen atoms in total. The summed E-state index contributed by atoms with van der Waals surface area (Å²) in [7, 11) is 0. The minimum Gasteiger partial charge on any atom is -0.366 e. The van der Waals surface area contributed by atoms with Crippen LogP contribution in [0.5, 0.6) is 0 Å². The zero-order valence-corrected chi connectivity index (χ0v) is 12.5. The van der Waals surface area contributed by atoms with Gasteiger partial charge in [-0.05, 0) is 30.6 Å². The van der Waals surface area contributed by atoms with Crippen LogP contribution in [0, 0.1) is 34.9 Å². The van der Waals surface area contributed by atoms with Crippen molar-refractivity contribution in [3.63, 3.8) is 0 Å². The van der Waals surface area contributed by atoms with Crippen LogP contribution >= 0.6 is 0 Å². The van der Waals surface area contributed by atoms with Crippen molar-refractivity contribution >= 4 is 5.69 Å². The van der Waals surface area contributed by atoms with Gasteiger partial charge in [-0.3, -0.25) is 0 Å². The van der Waals surface area contributed by atoms with Crippen LogP contribution in [0.1, 0.15) is 40.0 Å². The van der Waals surface area contributed by atoms with Crippen molar-refractivity contribution in [1.29, 1.82) is 0 Å². The summed E-state index contributed by atoms with van der Waals surface area (Å²) in [4.78, 5) is 3.99. The van der Waals surface area contributed by atoms with Gasteiger partial charge in [0.2, 0.25) is 11.6 Å². The molecule has 1 aliphatic rings. The second-order valence-electron chi connectivity index (χ2n) is 6.65. The molecule has 1 aromatic rings. The first-order chi connectivity index (χ1) is 9.71. The van der Waals surface area contributed by atoms with E-state index in [0.717, 1.165) is 19.3 Å². The Morgan fingerprint density at radius 2 is 1.52 bits per heavy atom. The van der Waals surface area contributed by atoms with Crippen LogP contribution in [0.2, 0.25) is 0 Å². The zero-order chi connectivity index (χ0) is 15.8. The Hall–Kier alpha value is -1.33. The van der Waals surface area contributed by atoms with E-state index in [1.54, 1.807) is 0 Å². The summed E-state index contributed by atoms with van der Waals surface area (Å²) in [5.74, 6) is -5.61. The Morgan fingerprint density at radius 3 is 2.05 bits per heavy atom. The lowest BCUT2D eigenvalue weighted by molar-refractivity contribution is 0.220. The highest BCUT2D eigenvalue weighted by atomic mass is 19.2. The Bertz CT molecular complexity index is 499. The number of halogens is 4. The second kappa shape index (κ2) is 5.81. The Kier molecular flexibility index (Phi) is 4.44. The fourth-order valence-electron chi connectivity index (χ4n) is 2.94. The molecule has 1 fully saturated rings. The molecule has 1 aromatic heterocycles. The van der Waals surface area contributed by atoms with Crippen molar-refractivity contribution in [1.82, 2.24) is 4.98 Å². The quantitative estimate of drug-likeness (QED) is 0.568. The van der Waals surface area contributed by atoms with E-state index in [0.29, 0.717) is 19.0 Å². The summed E-state index contributed by atoms with van der Waals surface area (Å²) in [6, 6.07) is 0. The van der Waals surface area contributed by atoms with Crippen LogP contribution in [0.3, 0.4) is 0 Å². The molecule has 0 aliphatic carbocycles. The molecule has 0 radical (unpaired) electrons. The Morgan fingerprint density at radius 1 is 0.952 bits per heavy atom. The lowest BCUT2D eigenvalue weighted by atomic mass is 9.77. The van der Waals surface area contributed by atoms with Gasteiger partial charge in [0.25, 0.3) is 11.9 Å². The summed E-state index contributed by atoms with van der Waals surface area (Å²) in [6.45, 7) is 7.13. The molecule has 118 valence electrons. The molecule has 1 unspecified atom stereocenters. The van der Waals surface area contributed by atoms with Crippen LogP contribution < -0.4 is 4.90 Å². The Labute approximate surface area is 122 Å². The van der Waals surface area contributed by atoms with Crippen molar-refractivity contribution in [2.75, 3.05) is 18.0 Å². The molecule has 2 rings (SSSR count). The van der Waals surface area contributed by atoms with E-state index in [-0.39, 0.29) is 5.41 Å². The third-order valence-electron chi connectivity index (χ3n) is 4.24. The number of hydrogen-bond acceptors (Lipinski definition) is 2. The molecule has 0 aromatic carbocycles.